The first-order valence-electron chi connectivity index (χ1n) is 9.82. The van der Waals surface area contributed by atoms with Gasteiger partial charge in [-0.05, 0) is 17.7 Å². The third-order valence-corrected chi connectivity index (χ3v) is 5.79. The highest BCUT2D eigenvalue weighted by Gasteiger charge is 2.37. The molecule has 0 spiro atoms. The van der Waals surface area contributed by atoms with E-state index in [1.807, 2.05) is 36.4 Å². The summed E-state index contributed by atoms with van der Waals surface area (Å²) in [4.78, 5) is 9.51. The predicted molar refractivity (Wildman–Crippen MR) is 115 cm³/mol. The maximum atomic E-state index is 6.27. The summed E-state index contributed by atoms with van der Waals surface area (Å²) in [5.74, 6) is 0.460. The first kappa shape index (κ1) is 20.7. The summed E-state index contributed by atoms with van der Waals surface area (Å²) in [6.07, 6.45) is 2.08. The molecule has 0 N–H and O–H groups in total. The molecule has 2 aromatic carbocycles. The summed E-state index contributed by atoms with van der Waals surface area (Å²) in [6, 6.07) is 22.3. The van der Waals surface area contributed by atoms with Gasteiger partial charge in [0, 0.05) is 23.6 Å². The second-order valence-electron chi connectivity index (χ2n) is 6.80. The Morgan fingerprint density at radius 3 is 2.57 bits per heavy atom. The van der Waals surface area contributed by atoms with Crippen LogP contribution >= 0.6 is 11.8 Å². The molecule has 4 rings (SSSR count). The van der Waals surface area contributed by atoms with Gasteiger partial charge in [-0.15, -0.1) is 0 Å². The molecule has 1 aliphatic heterocycles. The van der Waals surface area contributed by atoms with E-state index in [1.54, 1.807) is 31.1 Å². The Morgan fingerprint density at radius 1 is 1.03 bits per heavy atom. The van der Waals surface area contributed by atoms with E-state index in [0.717, 1.165) is 12.0 Å². The minimum Gasteiger partial charge on any atom is -0.481 e. The van der Waals surface area contributed by atoms with Crippen LogP contribution in [0.2, 0.25) is 0 Å². The topological polar surface area (TPSA) is 62.7 Å². The van der Waals surface area contributed by atoms with E-state index in [1.165, 1.54) is 4.90 Å². The van der Waals surface area contributed by atoms with Crippen molar-refractivity contribution in [1.82, 2.24) is 9.97 Å². The van der Waals surface area contributed by atoms with Gasteiger partial charge in [-0.3, -0.25) is 0 Å². The summed E-state index contributed by atoms with van der Waals surface area (Å²) in [5.41, 5.74) is 1.13. The smallest absolute Gasteiger partial charge is 0.319 e. The molecule has 0 unspecified atom stereocenters. The molecule has 3 aromatic rings. The van der Waals surface area contributed by atoms with Crippen molar-refractivity contribution in [3.05, 3.63) is 78.5 Å². The fraction of sp³-hybridized carbons (Fsp3) is 0.304. The van der Waals surface area contributed by atoms with Crippen LogP contribution in [0.25, 0.3) is 0 Å². The number of hydrogen-bond donors (Lipinski definition) is 0. The van der Waals surface area contributed by atoms with Crippen molar-refractivity contribution in [2.75, 3.05) is 13.7 Å². The average molecular weight is 425 g/mol. The zero-order valence-electron chi connectivity index (χ0n) is 16.7. The van der Waals surface area contributed by atoms with Crippen LogP contribution in [0.4, 0.5) is 0 Å². The molecule has 0 amide bonds. The quantitative estimate of drug-likeness (QED) is 0.506. The molecule has 0 saturated carbocycles. The third kappa shape index (κ3) is 5.72. The number of ether oxygens (including phenoxy) is 4. The Balaban J connectivity index is 1.40. The molecular weight excluding hydrogens is 400 g/mol. The maximum absolute atomic E-state index is 6.27. The van der Waals surface area contributed by atoms with E-state index in [2.05, 4.69) is 34.2 Å². The highest BCUT2D eigenvalue weighted by Crippen LogP contribution is 2.35. The average Bonchev–Trinajstić information content (AvgIpc) is 3.19. The third-order valence-electron chi connectivity index (χ3n) is 4.68. The monoisotopic (exact) mass is 424 g/mol. The van der Waals surface area contributed by atoms with E-state index in [-0.39, 0.29) is 23.7 Å². The fourth-order valence-electron chi connectivity index (χ4n) is 3.17. The van der Waals surface area contributed by atoms with Crippen molar-refractivity contribution in [2.45, 2.75) is 35.6 Å². The molecule has 1 fully saturated rings. The molecule has 30 heavy (non-hydrogen) atoms. The summed E-state index contributed by atoms with van der Waals surface area (Å²) in [7, 11) is 1.56. The maximum Gasteiger partial charge on any atom is 0.319 e. The van der Waals surface area contributed by atoms with Crippen LogP contribution in [0.1, 0.15) is 12.0 Å². The van der Waals surface area contributed by atoms with Crippen LogP contribution in [0, 0.1) is 0 Å². The number of nitrogens with zero attached hydrogens (tertiary/aromatic N) is 2. The van der Waals surface area contributed by atoms with Crippen molar-refractivity contribution in [3.63, 3.8) is 0 Å². The van der Waals surface area contributed by atoms with Crippen molar-refractivity contribution >= 4 is 11.8 Å². The number of hydrogen-bond acceptors (Lipinski definition) is 7. The van der Waals surface area contributed by atoms with Crippen LogP contribution in [-0.2, 0) is 16.1 Å². The number of methoxy groups -OCH3 is 1. The van der Waals surface area contributed by atoms with Crippen LogP contribution in [0.5, 0.6) is 11.9 Å². The lowest BCUT2D eigenvalue weighted by Crippen LogP contribution is -2.30. The number of rotatable bonds is 9. The van der Waals surface area contributed by atoms with Gasteiger partial charge < -0.3 is 18.9 Å². The van der Waals surface area contributed by atoms with E-state index >= 15 is 0 Å². The van der Waals surface area contributed by atoms with Crippen molar-refractivity contribution < 1.29 is 18.9 Å². The highest BCUT2D eigenvalue weighted by molar-refractivity contribution is 7.99. The van der Waals surface area contributed by atoms with Gasteiger partial charge >= 0.3 is 6.01 Å². The Hall–Kier alpha value is -2.61. The largest absolute Gasteiger partial charge is 0.481 e. The lowest BCUT2D eigenvalue weighted by atomic mass is 10.2. The summed E-state index contributed by atoms with van der Waals surface area (Å²) in [5, 5.41) is 0. The van der Waals surface area contributed by atoms with Crippen LogP contribution in [0.3, 0.4) is 0 Å². The van der Waals surface area contributed by atoms with Gasteiger partial charge in [-0.25, -0.2) is 4.98 Å². The second kappa shape index (κ2) is 10.4. The van der Waals surface area contributed by atoms with Crippen LogP contribution in [-0.4, -0.2) is 41.3 Å². The van der Waals surface area contributed by atoms with E-state index in [9.17, 15) is 0 Å². The van der Waals surface area contributed by atoms with Crippen molar-refractivity contribution in [3.8, 4) is 11.9 Å². The number of thioether (sulfide) groups is 1. The van der Waals surface area contributed by atoms with E-state index < -0.39 is 0 Å². The van der Waals surface area contributed by atoms with Crippen LogP contribution in [0.15, 0.2) is 77.8 Å². The van der Waals surface area contributed by atoms with E-state index in [0.29, 0.717) is 19.1 Å². The Kier molecular flexibility index (Phi) is 7.18. The van der Waals surface area contributed by atoms with Crippen LogP contribution < -0.4 is 9.47 Å². The lowest BCUT2D eigenvalue weighted by molar-refractivity contribution is -0.0393. The van der Waals surface area contributed by atoms with Crippen molar-refractivity contribution in [1.29, 1.82) is 0 Å². The molecule has 0 bridgehead atoms. The first-order valence-corrected chi connectivity index (χ1v) is 10.7. The Morgan fingerprint density at radius 2 is 1.80 bits per heavy atom. The van der Waals surface area contributed by atoms with Gasteiger partial charge in [0.2, 0.25) is 5.88 Å². The summed E-state index contributed by atoms with van der Waals surface area (Å²) < 4.78 is 23.4. The van der Waals surface area contributed by atoms with E-state index in [4.69, 9.17) is 18.9 Å². The predicted octanol–water partition coefficient (Wildman–Crippen LogP) is 4.36. The molecule has 0 aliphatic carbocycles. The van der Waals surface area contributed by atoms with Gasteiger partial charge in [0.1, 0.15) is 18.1 Å². The molecule has 156 valence electrons. The van der Waals surface area contributed by atoms with Gasteiger partial charge in [-0.2, -0.15) is 4.98 Å². The molecule has 2 heterocycles. The standard InChI is InChI=1S/C23H24N2O4S/c1-26-21-12-13-24-23(25-21)28-16-20-19(27-15-17-8-4-2-5-9-17)14-22(29-20)30-18-10-6-3-7-11-18/h2-13,19-20,22H,14-16H2,1H3/t19-,20-,22+/m1/s1. The number of aromatic nitrogens is 2. The zero-order valence-corrected chi connectivity index (χ0v) is 17.5. The Labute approximate surface area is 180 Å². The van der Waals surface area contributed by atoms with Gasteiger partial charge in [-0.1, -0.05) is 60.3 Å². The zero-order chi connectivity index (χ0) is 20.6. The SMILES string of the molecule is COc1ccnc(OC[C@H]2O[C@@H](Sc3ccccc3)C[C@H]2OCc2ccccc2)n1. The Bertz CT molecular complexity index is 913. The van der Waals surface area contributed by atoms with Crippen molar-refractivity contribution in [2.24, 2.45) is 0 Å². The van der Waals surface area contributed by atoms with Gasteiger partial charge in [0.05, 0.1) is 19.8 Å². The number of benzene rings is 2. The molecule has 7 heteroatoms. The summed E-state index contributed by atoms with van der Waals surface area (Å²) in [6.45, 7) is 0.836. The van der Waals surface area contributed by atoms with Gasteiger partial charge in [0.15, 0.2) is 0 Å². The van der Waals surface area contributed by atoms with Gasteiger partial charge in [0.25, 0.3) is 0 Å². The molecule has 1 aromatic heterocycles. The minimum atomic E-state index is -0.218. The highest BCUT2D eigenvalue weighted by atomic mass is 32.2. The first-order chi connectivity index (χ1) is 14.8. The molecule has 0 radical (unpaired) electrons. The second-order valence-corrected chi connectivity index (χ2v) is 8.03. The molecule has 1 aliphatic rings. The normalized spacial score (nSPS) is 20.8. The fourth-order valence-corrected chi connectivity index (χ4v) is 4.27. The lowest BCUT2D eigenvalue weighted by Gasteiger charge is -2.19. The molecule has 3 atom stereocenters. The minimum absolute atomic E-state index is 0.00648. The molecule has 1 saturated heterocycles. The molecular formula is C23H24N2O4S. The molecule has 6 nitrogen and oxygen atoms in total. The summed E-state index contributed by atoms with van der Waals surface area (Å²) >= 11 is 1.70.